The molecule has 3 aliphatic rings. The monoisotopic (exact) mass is 497 g/mol. The maximum Gasteiger partial charge on any atom is 0.404 e. The van der Waals surface area contributed by atoms with Gasteiger partial charge in [0, 0.05) is 49.6 Å². The van der Waals surface area contributed by atoms with Crippen molar-refractivity contribution < 1.29 is 18.5 Å². The molecule has 2 aromatic rings. The second-order valence-electron chi connectivity index (χ2n) is 9.36. The summed E-state index contributed by atoms with van der Waals surface area (Å²) in [5, 5.41) is 3.30. The molecule has 184 valence electrons. The number of terminal acetylenes is 1. The van der Waals surface area contributed by atoms with Gasteiger partial charge in [0.25, 0.3) is 0 Å². The van der Waals surface area contributed by atoms with Gasteiger partial charge in [0.2, 0.25) is 5.95 Å². The van der Waals surface area contributed by atoms with Crippen LogP contribution < -0.4 is 25.6 Å². The first-order valence-corrected chi connectivity index (χ1v) is 12.7. The first-order valence-electron chi connectivity index (χ1n) is 11.3. The van der Waals surface area contributed by atoms with Crippen LogP contribution in [-0.4, -0.2) is 75.4 Å². The number of amides is 1. The number of hydrogen-bond donors (Lipinski definition) is 2. The van der Waals surface area contributed by atoms with Crippen molar-refractivity contribution in [3.8, 4) is 18.1 Å². The minimum absolute atomic E-state index is 0.0367. The third kappa shape index (κ3) is 4.55. The molecule has 0 radical (unpaired) electrons. The summed E-state index contributed by atoms with van der Waals surface area (Å²) in [5.74, 6) is 5.66. The van der Waals surface area contributed by atoms with Gasteiger partial charge >= 0.3 is 6.09 Å². The lowest BCUT2D eigenvalue weighted by Gasteiger charge is -2.44. The molecule has 0 saturated carbocycles. The predicted molar refractivity (Wildman–Crippen MR) is 131 cm³/mol. The maximum atomic E-state index is 12.7. The van der Waals surface area contributed by atoms with Crippen molar-refractivity contribution in [2.24, 2.45) is 5.73 Å². The summed E-state index contributed by atoms with van der Waals surface area (Å²) in [6.07, 6.45) is 6.94. The van der Waals surface area contributed by atoms with Crippen LogP contribution in [0, 0.1) is 12.3 Å². The third-order valence-electron chi connectivity index (χ3n) is 6.18. The summed E-state index contributed by atoms with van der Waals surface area (Å²) in [7, 11) is -1.19. The first kappa shape index (κ1) is 23.2. The van der Waals surface area contributed by atoms with Crippen molar-refractivity contribution >= 4 is 34.5 Å². The highest BCUT2D eigenvalue weighted by Gasteiger charge is 2.36. The summed E-state index contributed by atoms with van der Waals surface area (Å²) in [6, 6.07) is 1.92. The van der Waals surface area contributed by atoms with Gasteiger partial charge in [-0.15, -0.1) is 6.42 Å². The molecule has 35 heavy (non-hydrogen) atoms. The van der Waals surface area contributed by atoms with Gasteiger partial charge in [0.15, 0.2) is 11.6 Å². The average molecular weight is 498 g/mol. The zero-order valence-corrected chi connectivity index (χ0v) is 20.4. The van der Waals surface area contributed by atoms with Gasteiger partial charge in [-0.1, -0.05) is 5.92 Å². The van der Waals surface area contributed by atoms with E-state index >= 15 is 0 Å². The number of anilines is 3. The van der Waals surface area contributed by atoms with Crippen LogP contribution in [0.25, 0.3) is 0 Å². The Hall–Kier alpha value is -3.59. The van der Waals surface area contributed by atoms with Gasteiger partial charge in [-0.05, 0) is 13.8 Å². The van der Waals surface area contributed by atoms with E-state index < -0.39 is 22.4 Å². The molecule has 2 atom stereocenters. The van der Waals surface area contributed by atoms with E-state index in [2.05, 4.69) is 26.0 Å². The molecule has 3 N–H and O–H groups in total. The minimum atomic E-state index is -1.19. The molecular weight excluding hydrogens is 470 g/mol. The van der Waals surface area contributed by atoms with Crippen LogP contribution in [0.15, 0.2) is 17.2 Å². The quantitative estimate of drug-likeness (QED) is 0.573. The fraction of sp³-hybridized carbons (Fsp3) is 0.478. The van der Waals surface area contributed by atoms with Gasteiger partial charge in [-0.2, -0.15) is 4.98 Å². The summed E-state index contributed by atoms with van der Waals surface area (Å²) in [4.78, 5) is 30.1. The van der Waals surface area contributed by atoms with Crippen molar-refractivity contribution in [3.05, 3.63) is 23.5 Å². The number of pyridine rings is 1. The van der Waals surface area contributed by atoms with Gasteiger partial charge in [0.05, 0.1) is 28.1 Å². The number of hydrogen-bond acceptors (Lipinski definition) is 10. The number of carbonyl (C=O) groups excluding carboxylic acids is 1. The Morgan fingerprint density at radius 1 is 1.43 bits per heavy atom. The van der Waals surface area contributed by atoms with E-state index in [0.717, 1.165) is 18.1 Å². The van der Waals surface area contributed by atoms with E-state index in [4.69, 9.17) is 31.6 Å². The molecule has 0 unspecified atom stereocenters. The van der Waals surface area contributed by atoms with Crippen molar-refractivity contribution in [2.75, 3.05) is 53.7 Å². The lowest BCUT2D eigenvalue weighted by Crippen LogP contribution is -2.58. The highest BCUT2D eigenvalue weighted by atomic mass is 32.2. The lowest BCUT2D eigenvalue weighted by atomic mass is 10.1. The Kier molecular flexibility index (Phi) is 5.88. The molecule has 0 spiro atoms. The number of primary amides is 1. The number of ether oxygens (including phenoxy) is 2. The molecular formula is C23H27N7O4S. The molecule has 5 rings (SSSR count). The molecule has 5 heterocycles. The number of nitrogens with two attached hydrogens (primary N) is 1. The molecule has 1 saturated heterocycles. The van der Waals surface area contributed by atoms with Crippen LogP contribution in [0.5, 0.6) is 5.75 Å². The average Bonchev–Trinajstić information content (AvgIpc) is 3.22. The Morgan fingerprint density at radius 2 is 2.26 bits per heavy atom. The molecule has 11 nitrogen and oxygen atoms in total. The molecule has 1 fully saturated rings. The highest BCUT2D eigenvalue weighted by Crippen LogP contribution is 2.36. The van der Waals surface area contributed by atoms with Crippen LogP contribution in [-0.2, 0) is 22.0 Å². The van der Waals surface area contributed by atoms with Crippen LogP contribution in [0.2, 0.25) is 0 Å². The number of nitrogens with one attached hydrogen (secondary N) is 1. The van der Waals surface area contributed by atoms with E-state index in [1.807, 2.05) is 19.9 Å². The molecule has 1 amide bonds. The Labute approximate surface area is 205 Å². The lowest BCUT2D eigenvalue weighted by molar-refractivity contribution is 0.138. The molecule has 0 bridgehead atoms. The summed E-state index contributed by atoms with van der Waals surface area (Å²) >= 11 is 0. The summed E-state index contributed by atoms with van der Waals surface area (Å²) in [5.41, 5.74) is 5.92. The van der Waals surface area contributed by atoms with Crippen LogP contribution in [0.4, 0.5) is 22.4 Å². The van der Waals surface area contributed by atoms with E-state index in [-0.39, 0.29) is 12.6 Å². The number of aryl methyl sites for hydroxylation is 1. The number of rotatable bonds is 5. The number of piperazine rings is 1. The van der Waals surface area contributed by atoms with E-state index in [1.165, 1.54) is 0 Å². The summed E-state index contributed by atoms with van der Waals surface area (Å²) in [6.45, 7) is 6.30. The number of aromatic nitrogens is 3. The Morgan fingerprint density at radius 3 is 3.03 bits per heavy atom. The SMILES string of the molecule is C#Cc1cnc2c(c1)OC[C@H]1CN(c3nc4c(c(NC(C)(C)COC(N)=O)n3)[S@](=O)CC4)CCN21. The number of nitrogens with zero attached hydrogens (tertiary/aromatic N) is 5. The topological polar surface area (TPSA) is 136 Å². The third-order valence-corrected chi connectivity index (χ3v) is 7.64. The van der Waals surface area contributed by atoms with Gasteiger partial charge < -0.3 is 30.3 Å². The van der Waals surface area contributed by atoms with Crippen LogP contribution in [0.1, 0.15) is 25.1 Å². The smallest absolute Gasteiger partial charge is 0.404 e. The Bertz CT molecular complexity index is 1250. The molecule has 3 aliphatic heterocycles. The van der Waals surface area contributed by atoms with E-state index in [0.29, 0.717) is 59.8 Å². The molecule has 12 heteroatoms. The second-order valence-corrected chi connectivity index (χ2v) is 10.9. The zero-order valence-electron chi connectivity index (χ0n) is 19.6. The van der Waals surface area contributed by atoms with E-state index in [9.17, 15) is 9.00 Å². The van der Waals surface area contributed by atoms with Crippen molar-refractivity contribution in [2.45, 2.75) is 36.7 Å². The van der Waals surface area contributed by atoms with E-state index in [1.54, 1.807) is 6.20 Å². The largest absolute Gasteiger partial charge is 0.487 e. The summed E-state index contributed by atoms with van der Waals surface area (Å²) < 4.78 is 23.7. The normalized spacial score (nSPS) is 20.7. The van der Waals surface area contributed by atoms with Gasteiger partial charge in [0.1, 0.15) is 23.9 Å². The molecule has 2 aromatic heterocycles. The predicted octanol–water partition coefficient (Wildman–Crippen LogP) is 0.890. The molecule has 0 aromatic carbocycles. The molecule has 0 aliphatic carbocycles. The fourth-order valence-electron chi connectivity index (χ4n) is 4.50. The highest BCUT2D eigenvalue weighted by molar-refractivity contribution is 7.85. The number of carbonyl (C=O) groups is 1. The van der Waals surface area contributed by atoms with Crippen LogP contribution in [0.3, 0.4) is 0 Å². The Balaban J connectivity index is 1.39. The first-order chi connectivity index (χ1) is 16.7. The van der Waals surface area contributed by atoms with Crippen molar-refractivity contribution in [3.63, 3.8) is 0 Å². The standard InChI is InChI=1S/C23H27N7O4S/c1-4-14-9-17-20(25-10-14)30-7-6-29(11-15(30)12-33-17)22-26-16-5-8-35(32)18(16)19(27-22)28-23(2,3)13-34-21(24)31/h1,9-10,15H,5-8,11-13H2,2-3H3,(H2,24,31)(H,26,27,28)/t15-,35-/m1/s1. The second kappa shape index (κ2) is 8.88. The van der Waals surface area contributed by atoms with Gasteiger partial charge in [-0.3, -0.25) is 4.21 Å². The number of fused-ring (bicyclic) bond motifs is 4. The maximum absolute atomic E-state index is 12.7. The van der Waals surface area contributed by atoms with Crippen LogP contribution >= 0.6 is 0 Å². The van der Waals surface area contributed by atoms with Gasteiger partial charge in [-0.25, -0.2) is 14.8 Å². The fourth-order valence-corrected chi connectivity index (χ4v) is 5.81. The zero-order chi connectivity index (χ0) is 24.7. The van der Waals surface area contributed by atoms with Crippen molar-refractivity contribution in [1.82, 2.24) is 15.0 Å². The minimum Gasteiger partial charge on any atom is -0.487 e. The van der Waals surface area contributed by atoms with Crippen molar-refractivity contribution in [1.29, 1.82) is 0 Å².